The smallest absolute Gasteiger partial charge is 0.358 e. The van der Waals surface area contributed by atoms with E-state index in [0.29, 0.717) is 12.5 Å². The topological polar surface area (TPSA) is 68.0 Å². The molecule has 1 heterocycles. The number of hydrogen-bond donors (Lipinski definition) is 1. The highest BCUT2D eigenvalue weighted by atomic mass is 16.4. The number of aromatic carboxylic acids is 1. The van der Waals surface area contributed by atoms with Crippen LogP contribution in [0.2, 0.25) is 0 Å². The minimum absolute atomic E-state index is 0.112. The average molecular weight is 257 g/mol. The molecule has 0 aliphatic heterocycles. The lowest BCUT2D eigenvalue weighted by atomic mass is 9.82. The van der Waals surface area contributed by atoms with E-state index in [0.717, 1.165) is 30.5 Å². The third kappa shape index (κ3) is 2.23. The summed E-state index contributed by atoms with van der Waals surface area (Å²) in [5.74, 6) is -0.689. The van der Waals surface area contributed by atoms with Crippen LogP contribution in [0.4, 0.5) is 0 Å². The van der Waals surface area contributed by atoms with Gasteiger partial charge in [-0.3, -0.25) is 0 Å². The Morgan fingerprint density at radius 2 is 2.05 bits per heavy atom. The number of carboxylic acids is 1. The third-order valence-electron chi connectivity index (χ3n) is 3.64. The van der Waals surface area contributed by atoms with Crippen molar-refractivity contribution in [2.24, 2.45) is 0 Å². The molecule has 0 unspecified atom stereocenters. The van der Waals surface area contributed by atoms with Crippen LogP contribution in [0.3, 0.4) is 0 Å². The van der Waals surface area contributed by atoms with E-state index in [1.54, 1.807) is 4.68 Å². The van der Waals surface area contributed by atoms with Crippen molar-refractivity contribution in [2.45, 2.75) is 31.7 Å². The highest BCUT2D eigenvalue weighted by molar-refractivity contribution is 5.86. The standard InChI is InChI=1S/C14H15N3O2/c18-14(19)12-13(11-7-4-8-11)17(16-15-12)9-10-5-2-1-3-6-10/h1-3,5-6,11H,4,7-9H2,(H,18,19). The molecule has 19 heavy (non-hydrogen) atoms. The highest BCUT2D eigenvalue weighted by Crippen LogP contribution is 2.37. The molecule has 1 fully saturated rings. The van der Waals surface area contributed by atoms with Gasteiger partial charge >= 0.3 is 5.97 Å². The van der Waals surface area contributed by atoms with Gasteiger partial charge < -0.3 is 5.11 Å². The van der Waals surface area contributed by atoms with Crippen molar-refractivity contribution in [3.05, 3.63) is 47.3 Å². The van der Waals surface area contributed by atoms with E-state index in [2.05, 4.69) is 10.3 Å². The number of rotatable bonds is 4. The molecule has 0 saturated heterocycles. The van der Waals surface area contributed by atoms with Gasteiger partial charge in [0.2, 0.25) is 0 Å². The Labute approximate surface area is 110 Å². The molecular weight excluding hydrogens is 242 g/mol. The quantitative estimate of drug-likeness (QED) is 0.912. The van der Waals surface area contributed by atoms with E-state index in [9.17, 15) is 9.90 Å². The Kier molecular flexibility index (Phi) is 3.03. The monoisotopic (exact) mass is 257 g/mol. The van der Waals surface area contributed by atoms with Crippen molar-refractivity contribution in [2.75, 3.05) is 0 Å². The van der Waals surface area contributed by atoms with Crippen LogP contribution in [0.15, 0.2) is 30.3 Å². The van der Waals surface area contributed by atoms with Crippen LogP contribution in [0.25, 0.3) is 0 Å². The van der Waals surface area contributed by atoms with Crippen LogP contribution in [0, 0.1) is 0 Å². The summed E-state index contributed by atoms with van der Waals surface area (Å²) >= 11 is 0. The second-order valence-corrected chi connectivity index (χ2v) is 4.90. The SMILES string of the molecule is O=C(O)c1nnn(Cc2ccccc2)c1C1CCC1. The van der Waals surface area contributed by atoms with E-state index in [4.69, 9.17) is 0 Å². The molecule has 1 aliphatic carbocycles. The van der Waals surface area contributed by atoms with Crippen molar-refractivity contribution in [1.82, 2.24) is 15.0 Å². The van der Waals surface area contributed by atoms with E-state index in [1.807, 2.05) is 30.3 Å². The number of carboxylic acid groups (broad SMARTS) is 1. The summed E-state index contributed by atoms with van der Waals surface area (Å²) in [5, 5.41) is 17.0. The minimum atomic E-state index is -0.985. The molecule has 5 heteroatoms. The van der Waals surface area contributed by atoms with Crippen LogP contribution in [0.5, 0.6) is 0 Å². The molecule has 3 rings (SSSR count). The Morgan fingerprint density at radius 3 is 2.63 bits per heavy atom. The van der Waals surface area contributed by atoms with Crippen molar-refractivity contribution >= 4 is 5.97 Å². The Bertz CT molecular complexity index is 588. The molecule has 1 saturated carbocycles. The van der Waals surface area contributed by atoms with Crippen LogP contribution >= 0.6 is 0 Å². The van der Waals surface area contributed by atoms with E-state index in [1.165, 1.54) is 0 Å². The summed E-state index contributed by atoms with van der Waals surface area (Å²) < 4.78 is 1.74. The Hall–Kier alpha value is -2.17. The maximum atomic E-state index is 11.2. The van der Waals surface area contributed by atoms with Crippen LogP contribution in [-0.4, -0.2) is 26.1 Å². The minimum Gasteiger partial charge on any atom is -0.476 e. The number of benzene rings is 1. The van der Waals surface area contributed by atoms with Gasteiger partial charge in [-0.1, -0.05) is 42.0 Å². The first-order valence-electron chi connectivity index (χ1n) is 6.46. The summed E-state index contributed by atoms with van der Waals surface area (Å²) in [5.41, 5.74) is 1.99. The van der Waals surface area contributed by atoms with Gasteiger partial charge in [0.05, 0.1) is 12.2 Å². The first-order chi connectivity index (χ1) is 9.25. The molecule has 5 nitrogen and oxygen atoms in total. The van der Waals surface area contributed by atoms with Crippen molar-refractivity contribution in [3.63, 3.8) is 0 Å². The summed E-state index contributed by atoms with van der Waals surface area (Å²) in [6, 6.07) is 9.90. The predicted octanol–water partition coefficient (Wildman–Crippen LogP) is 2.29. The molecule has 0 radical (unpaired) electrons. The number of hydrogen-bond acceptors (Lipinski definition) is 3. The lowest BCUT2D eigenvalue weighted by Crippen LogP contribution is -2.18. The van der Waals surface area contributed by atoms with E-state index < -0.39 is 5.97 Å². The zero-order valence-corrected chi connectivity index (χ0v) is 10.5. The number of aromatic nitrogens is 3. The average Bonchev–Trinajstić information content (AvgIpc) is 2.72. The molecular formula is C14H15N3O2. The molecule has 0 amide bonds. The normalized spacial score (nSPS) is 15.2. The molecule has 0 spiro atoms. The molecule has 1 aromatic carbocycles. The molecule has 1 aromatic heterocycles. The first-order valence-corrected chi connectivity index (χ1v) is 6.46. The lowest BCUT2D eigenvalue weighted by molar-refractivity contribution is 0.0687. The Balaban J connectivity index is 1.94. The van der Waals surface area contributed by atoms with Crippen molar-refractivity contribution in [1.29, 1.82) is 0 Å². The lowest BCUT2D eigenvalue weighted by Gasteiger charge is -2.26. The van der Waals surface area contributed by atoms with Crippen molar-refractivity contribution < 1.29 is 9.90 Å². The molecule has 98 valence electrons. The maximum Gasteiger partial charge on any atom is 0.358 e. The Morgan fingerprint density at radius 1 is 1.32 bits per heavy atom. The van der Waals surface area contributed by atoms with Gasteiger partial charge in [-0.15, -0.1) is 5.10 Å². The summed E-state index contributed by atoms with van der Waals surface area (Å²) in [6.07, 6.45) is 3.21. The molecule has 0 atom stereocenters. The van der Waals surface area contributed by atoms with Crippen LogP contribution in [0.1, 0.15) is 46.9 Å². The van der Waals surface area contributed by atoms with Crippen molar-refractivity contribution in [3.8, 4) is 0 Å². The second kappa shape index (κ2) is 4.84. The molecule has 2 aromatic rings. The fraction of sp³-hybridized carbons (Fsp3) is 0.357. The van der Waals surface area contributed by atoms with E-state index in [-0.39, 0.29) is 5.69 Å². The van der Waals surface area contributed by atoms with Gasteiger partial charge in [-0.05, 0) is 18.4 Å². The number of nitrogens with zero attached hydrogens (tertiary/aromatic N) is 3. The third-order valence-corrected chi connectivity index (χ3v) is 3.64. The van der Waals surface area contributed by atoms with Gasteiger partial charge in [-0.25, -0.2) is 9.48 Å². The zero-order valence-electron chi connectivity index (χ0n) is 10.5. The van der Waals surface area contributed by atoms with Crippen LogP contribution in [-0.2, 0) is 6.54 Å². The molecule has 0 bridgehead atoms. The fourth-order valence-electron chi connectivity index (χ4n) is 2.43. The largest absolute Gasteiger partial charge is 0.476 e. The maximum absolute atomic E-state index is 11.2. The summed E-state index contributed by atoms with van der Waals surface area (Å²) in [4.78, 5) is 11.2. The highest BCUT2D eigenvalue weighted by Gasteiger charge is 2.30. The molecule has 1 N–H and O–H groups in total. The second-order valence-electron chi connectivity index (χ2n) is 4.90. The van der Waals surface area contributed by atoms with Crippen LogP contribution < -0.4 is 0 Å². The summed E-state index contributed by atoms with van der Waals surface area (Å²) in [6.45, 7) is 0.576. The van der Waals surface area contributed by atoms with Gasteiger partial charge in [-0.2, -0.15) is 0 Å². The van der Waals surface area contributed by atoms with E-state index >= 15 is 0 Å². The van der Waals surface area contributed by atoms with Gasteiger partial charge in [0.1, 0.15) is 0 Å². The van der Waals surface area contributed by atoms with Gasteiger partial charge in [0, 0.05) is 5.92 Å². The summed E-state index contributed by atoms with van der Waals surface area (Å²) in [7, 11) is 0. The molecule has 1 aliphatic rings. The predicted molar refractivity (Wildman–Crippen MR) is 69.1 cm³/mol. The van der Waals surface area contributed by atoms with Gasteiger partial charge in [0.15, 0.2) is 5.69 Å². The fourth-order valence-corrected chi connectivity index (χ4v) is 2.43. The zero-order chi connectivity index (χ0) is 13.2. The number of carbonyl (C=O) groups is 1. The van der Waals surface area contributed by atoms with Gasteiger partial charge in [0.25, 0.3) is 0 Å². The first kappa shape index (κ1) is 11.9.